The number of halogens is 1. The lowest BCUT2D eigenvalue weighted by Crippen LogP contribution is -2.48. The zero-order valence-electron chi connectivity index (χ0n) is 17.2. The van der Waals surface area contributed by atoms with E-state index in [4.69, 9.17) is 0 Å². The van der Waals surface area contributed by atoms with Crippen LogP contribution in [-0.2, 0) is 30.6 Å². The Kier molecular flexibility index (Phi) is 9.34. The monoisotopic (exact) mass is 531 g/mol. The number of carbonyl (C=O) groups is 1. The zero-order valence-corrected chi connectivity index (χ0v) is 20.4. The Morgan fingerprint density at radius 2 is 2.28 bits per heavy atom. The highest BCUT2D eigenvalue weighted by molar-refractivity contribution is 14.0. The van der Waals surface area contributed by atoms with Gasteiger partial charge in [-0.2, -0.15) is 5.10 Å². The molecule has 1 aliphatic heterocycles. The summed E-state index contributed by atoms with van der Waals surface area (Å²) >= 11 is 1.75. The third-order valence-electron chi connectivity index (χ3n) is 4.67. The summed E-state index contributed by atoms with van der Waals surface area (Å²) in [6.45, 7) is 3.73. The lowest BCUT2D eigenvalue weighted by atomic mass is 10.1. The predicted molar refractivity (Wildman–Crippen MR) is 127 cm³/mol. The molecule has 160 valence electrons. The van der Waals surface area contributed by atoms with Crippen molar-refractivity contribution >= 4 is 47.2 Å². The fourth-order valence-corrected chi connectivity index (χ4v) is 3.73. The van der Waals surface area contributed by atoms with Gasteiger partial charge in [0, 0.05) is 44.4 Å². The standard InChI is InChI=1S/C19H29N7OS.HI/c1-4-16-23-17-8-7-14(13-26(17)24-16)22-19(21-12-18(27)25(2)3)20-10-9-15-6-5-11-28-15;/h5-6,11,14H,4,7-10,12-13H2,1-3H3,(H2,20,21,22);1H. The number of likely N-dealkylation sites (N-methyl/N-ethyl adjacent to an activating group) is 1. The number of hydrogen-bond acceptors (Lipinski definition) is 5. The second kappa shape index (κ2) is 11.5. The second-order valence-electron chi connectivity index (χ2n) is 7.07. The maximum atomic E-state index is 11.9. The lowest BCUT2D eigenvalue weighted by Gasteiger charge is -2.25. The van der Waals surface area contributed by atoms with Crippen LogP contribution in [0, 0.1) is 0 Å². The first-order valence-corrected chi connectivity index (χ1v) is 10.6. The average Bonchev–Trinajstić information content (AvgIpc) is 3.34. The number of carbonyl (C=O) groups excluding carboxylic acids is 1. The van der Waals surface area contributed by atoms with E-state index in [0.717, 1.165) is 50.4 Å². The Morgan fingerprint density at radius 3 is 2.97 bits per heavy atom. The molecule has 2 N–H and O–H groups in total. The van der Waals surface area contributed by atoms with Gasteiger partial charge in [-0.15, -0.1) is 35.3 Å². The molecule has 1 aliphatic rings. The van der Waals surface area contributed by atoms with Gasteiger partial charge in [-0.25, -0.2) is 14.7 Å². The number of nitrogens with one attached hydrogen (secondary N) is 2. The van der Waals surface area contributed by atoms with Gasteiger partial charge in [0.15, 0.2) is 11.8 Å². The minimum absolute atomic E-state index is 0. The number of aryl methyl sites for hydroxylation is 2. The van der Waals surface area contributed by atoms with E-state index in [1.165, 1.54) is 4.88 Å². The molecule has 8 nitrogen and oxygen atoms in total. The van der Waals surface area contributed by atoms with Gasteiger partial charge in [0.2, 0.25) is 5.91 Å². The van der Waals surface area contributed by atoms with Gasteiger partial charge in [-0.1, -0.05) is 13.0 Å². The molecule has 0 fully saturated rings. The summed E-state index contributed by atoms with van der Waals surface area (Å²) in [4.78, 5) is 23.9. The molecule has 0 aliphatic carbocycles. The van der Waals surface area contributed by atoms with Crippen LogP contribution in [0.4, 0.5) is 0 Å². The average molecular weight is 531 g/mol. The van der Waals surface area contributed by atoms with E-state index in [9.17, 15) is 4.79 Å². The maximum Gasteiger partial charge on any atom is 0.243 e. The highest BCUT2D eigenvalue weighted by Crippen LogP contribution is 2.13. The normalized spacial score (nSPS) is 16.0. The van der Waals surface area contributed by atoms with Crippen LogP contribution in [0.15, 0.2) is 22.5 Å². The number of nitrogens with zero attached hydrogens (tertiary/aromatic N) is 5. The molecule has 0 radical (unpaired) electrons. The van der Waals surface area contributed by atoms with E-state index in [1.807, 2.05) is 4.68 Å². The minimum atomic E-state index is -0.0193. The molecule has 0 saturated heterocycles. The number of fused-ring (bicyclic) bond motifs is 1. The molecule has 0 bridgehead atoms. The van der Waals surface area contributed by atoms with E-state index in [0.29, 0.717) is 5.96 Å². The number of rotatable bonds is 7. The fraction of sp³-hybridized carbons (Fsp3) is 0.579. The Hall–Kier alpha value is -1.69. The molecule has 1 amide bonds. The van der Waals surface area contributed by atoms with Crippen molar-refractivity contribution in [1.29, 1.82) is 0 Å². The van der Waals surface area contributed by atoms with E-state index < -0.39 is 0 Å². The van der Waals surface area contributed by atoms with Crippen molar-refractivity contribution in [2.24, 2.45) is 4.99 Å². The van der Waals surface area contributed by atoms with Gasteiger partial charge in [0.05, 0.1) is 6.54 Å². The molecule has 0 spiro atoms. The topological polar surface area (TPSA) is 87.4 Å². The Bertz CT molecular complexity index is 804. The third-order valence-corrected chi connectivity index (χ3v) is 5.61. The van der Waals surface area contributed by atoms with Gasteiger partial charge in [-0.05, 0) is 24.3 Å². The molecule has 1 atom stereocenters. The first kappa shape index (κ1) is 23.6. The van der Waals surface area contributed by atoms with Crippen LogP contribution in [0.1, 0.15) is 29.9 Å². The molecule has 3 heterocycles. The van der Waals surface area contributed by atoms with Crippen LogP contribution in [0.25, 0.3) is 0 Å². The van der Waals surface area contributed by atoms with Crippen molar-refractivity contribution in [2.75, 3.05) is 27.2 Å². The number of thiophene rings is 1. The van der Waals surface area contributed by atoms with Gasteiger partial charge >= 0.3 is 0 Å². The van der Waals surface area contributed by atoms with Crippen LogP contribution in [-0.4, -0.2) is 64.8 Å². The highest BCUT2D eigenvalue weighted by Gasteiger charge is 2.22. The first-order valence-electron chi connectivity index (χ1n) is 9.75. The van der Waals surface area contributed by atoms with E-state index in [-0.39, 0.29) is 42.5 Å². The molecule has 29 heavy (non-hydrogen) atoms. The van der Waals surface area contributed by atoms with Gasteiger partial charge in [0.25, 0.3) is 0 Å². The lowest BCUT2D eigenvalue weighted by molar-refractivity contribution is -0.127. The van der Waals surface area contributed by atoms with Crippen molar-refractivity contribution in [3.8, 4) is 0 Å². The summed E-state index contributed by atoms with van der Waals surface area (Å²) in [6.07, 6.45) is 3.64. The number of aromatic nitrogens is 3. The fourth-order valence-electron chi connectivity index (χ4n) is 3.02. The molecule has 2 aromatic rings. The summed E-state index contributed by atoms with van der Waals surface area (Å²) in [5.74, 6) is 2.61. The summed E-state index contributed by atoms with van der Waals surface area (Å²) in [7, 11) is 3.49. The molecule has 2 aromatic heterocycles. The van der Waals surface area contributed by atoms with Crippen molar-refractivity contribution in [1.82, 2.24) is 30.3 Å². The van der Waals surface area contributed by atoms with Crippen LogP contribution < -0.4 is 10.6 Å². The molecule has 10 heteroatoms. The van der Waals surface area contributed by atoms with Crippen LogP contribution >= 0.6 is 35.3 Å². The number of hydrogen-bond donors (Lipinski definition) is 2. The molecular formula is C19H30IN7OS. The van der Waals surface area contributed by atoms with Crippen LogP contribution in [0.3, 0.4) is 0 Å². The molecule has 0 aromatic carbocycles. The van der Waals surface area contributed by atoms with Crippen LogP contribution in [0.5, 0.6) is 0 Å². The van der Waals surface area contributed by atoms with Crippen molar-refractivity contribution in [2.45, 2.75) is 45.2 Å². The maximum absolute atomic E-state index is 11.9. The molecule has 3 rings (SSSR count). The Morgan fingerprint density at radius 1 is 1.45 bits per heavy atom. The minimum Gasteiger partial charge on any atom is -0.356 e. The summed E-state index contributed by atoms with van der Waals surface area (Å²) in [5, 5.41) is 13.5. The predicted octanol–water partition coefficient (Wildman–Crippen LogP) is 1.70. The Labute approximate surface area is 193 Å². The molecular weight excluding hydrogens is 501 g/mol. The Balaban J connectivity index is 0.00000300. The van der Waals surface area contributed by atoms with Gasteiger partial charge in [0.1, 0.15) is 12.4 Å². The quantitative estimate of drug-likeness (QED) is 0.323. The van der Waals surface area contributed by atoms with E-state index in [2.05, 4.69) is 50.1 Å². The van der Waals surface area contributed by atoms with Gasteiger partial charge in [-0.3, -0.25) is 4.79 Å². The van der Waals surface area contributed by atoms with Gasteiger partial charge < -0.3 is 15.5 Å². The summed E-state index contributed by atoms with van der Waals surface area (Å²) in [6, 6.07) is 4.40. The number of amides is 1. The second-order valence-corrected chi connectivity index (χ2v) is 8.10. The van der Waals surface area contributed by atoms with Crippen molar-refractivity contribution in [3.05, 3.63) is 34.0 Å². The molecule has 0 saturated carbocycles. The number of guanidine groups is 1. The first-order chi connectivity index (χ1) is 13.5. The van der Waals surface area contributed by atoms with Crippen LogP contribution in [0.2, 0.25) is 0 Å². The summed E-state index contributed by atoms with van der Waals surface area (Å²) < 4.78 is 1.99. The molecule has 1 unspecified atom stereocenters. The van der Waals surface area contributed by atoms with Crippen molar-refractivity contribution in [3.63, 3.8) is 0 Å². The number of aliphatic imine (C=N–C) groups is 1. The zero-order chi connectivity index (χ0) is 19.9. The summed E-state index contributed by atoms with van der Waals surface area (Å²) in [5.41, 5.74) is 0. The largest absolute Gasteiger partial charge is 0.356 e. The van der Waals surface area contributed by atoms with E-state index >= 15 is 0 Å². The van der Waals surface area contributed by atoms with E-state index in [1.54, 1.807) is 30.3 Å². The highest BCUT2D eigenvalue weighted by atomic mass is 127. The van der Waals surface area contributed by atoms with Crippen molar-refractivity contribution < 1.29 is 4.79 Å². The SMILES string of the molecule is CCc1nc2n(n1)CC(NC(=NCC(=O)N(C)C)NCCc1cccs1)CC2.I. The smallest absolute Gasteiger partial charge is 0.243 e. The third kappa shape index (κ3) is 6.95.